The Morgan fingerprint density at radius 2 is 1.56 bits per heavy atom. The Balaban J connectivity index is 2.99. The van der Waals surface area contributed by atoms with E-state index in [9.17, 15) is 4.79 Å². The molecule has 0 aliphatic carbocycles. The first-order chi connectivity index (χ1) is 11.9. The highest BCUT2D eigenvalue weighted by atomic mass is 16.5. The van der Waals surface area contributed by atoms with Crippen molar-refractivity contribution in [2.75, 3.05) is 47.0 Å². The van der Waals surface area contributed by atoms with Gasteiger partial charge in [0.15, 0.2) is 11.5 Å². The number of ether oxygens (including phenoxy) is 3. The lowest BCUT2D eigenvalue weighted by atomic mass is 10.1. The smallest absolute Gasteiger partial charge is 0.251 e. The van der Waals surface area contributed by atoms with Gasteiger partial charge < -0.3 is 24.4 Å². The van der Waals surface area contributed by atoms with Gasteiger partial charge >= 0.3 is 0 Å². The van der Waals surface area contributed by atoms with Gasteiger partial charge in [0.2, 0.25) is 5.75 Å². The topological polar surface area (TPSA) is 61.2 Å². The minimum atomic E-state index is -0.134. The minimum Gasteiger partial charge on any atom is -0.490 e. The van der Waals surface area contributed by atoms with Crippen LogP contribution in [0.2, 0.25) is 0 Å². The minimum absolute atomic E-state index is 0.134. The zero-order chi connectivity index (χ0) is 18.8. The summed E-state index contributed by atoms with van der Waals surface area (Å²) in [5.41, 5.74) is 0.514. The highest BCUT2D eigenvalue weighted by molar-refractivity contribution is 5.95. The molecule has 1 aromatic rings. The third-order valence-corrected chi connectivity index (χ3v) is 3.54. The zero-order valence-corrected chi connectivity index (χ0v) is 16.4. The van der Waals surface area contributed by atoms with E-state index in [4.69, 9.17) is 14.2 Å². The van der Waals surface area contributed by atoms with Crippen LogP contribution >= 0.6 is 0 Å². The van der Waals surface area contributed by atoms with Crippen LogP contribution in [0, 0.1) is 5.92 Å². The molecule has 0 spiro atoms. The van der Waals surface area contributed by atoms with E-state index in [1.807, 2.05) is 20.8 Å². The van der Waals surface area contributed by atoms with Crippen LogP contribution in [0.4, 0.5) is 0 Å². The average molecular weight is 353 g/mol. The number of carbonyl (C=O) groups is 1. The Labute approximate surface area is 151 Å². The molecule has 1 amide bonds. The van der Waals surface area contributed by atoms with Crippen LogP contribution in [0.5, 0.6) is 17.2 Å². The van der Waals surface area contributed by atoms with Crippen molar-refractivity contribution < 1.29 is 23.9 Å². The third kappa shape index (κ3) is 6.82. The quantitative estimate of drug-likeness (QED) is 0.631. The molecule has 1 atom stereocenters. The fourth-order valence-corrected chi connectivity index (χ4v) is 2.66. The Hall–Kier alpha value is -1.95. The number of hydrogen-bond acceptors (Lipinski definition) is 4. The highest BCUT2D eigenvalue weighted by Crippen LogP contribution is 2.39. The molecule has 0 radical (unpaired) electrons. The van der Waals surface area contributed by atoms with Gasteiger partial charge in [-0.3, -0.25) is 4.79 Å². The number of amides is 1. The summed E-state index contributed by atoms with van der Waals surface area (Å²) in [6.45, 7) is 10.9. The van der Waals surface area contributed by atoms with E-state index in [1.54, 1.807) is 12.1 Å². The first-order valence-corrected chi connectivity index (χ1v) is 9.06. The lowest BCUT2D eigenvalue weighted by Crippen LogP contribution is -3.06. The number of carbonyl (C=O) groups excluding carboxylic acids is 1. The summed E-state index contributed by atoms with van der Waals surface area (Å²) >= 11 is 0. The van der Waals surface area contributed by atoms with E-state index < -0.39 is 0 Å². The van der Waals surface area contributed by atoms with Crippen molar-refractivity contribution in [2.24, 2.45) is 5.92 Å². The maximum atomic E-state index is 12.5. The standard InChI is InChI=1S/C19H32N2O4/c1-7-23-16-10-15(11-17(24-8-2)18(16)25-9-3)19(22)20-12-14(4)13-21(5)6/h10-11,14H,7-9,12-13H2,1-6H3,(H,20,22)/p+1/t14-/m1/s1. The maximum absolute atomic E-state index is 12.5. The molecule has 0 aliphatic heterocycles. The Bertz CT molecular complexity index is 519. The van der Waals surface area contributed by atoms with Gasteiger partial charge in [0.05, 0.1) is 40.5 Å². The molecule has 6 nitrogen and oxygen atoms in total. The largest absolute Gasteiger partial charge is 0.490 e. The fourth-order valence-electron chi connectivity index (χ4n) is 2.66. The van der Waals surface area contributed by atoms with Crippen molar-refractivity contribution >= 4 is 5.91 Å². The van der Waals surface area contributed by atoms with E-state index in [0.29, 0.717) is 55.1 Å². The summed E-state index contributed by atoms with van der Waals surface area (Å²) in [5.74, 6) is 1.88. The van der Waals surface area contributed by atoms with Crippen molar-refractivity contribution in [3.8, 4) is 17.2 Å². The Morgan fingerprint density at radius 3 is 2.00 bits per heavy atom. The van der Waals surface area contributed by atoms with Gasteiger partial charge in [0.1, 0.15) is 0 Å². The van der Waals surface area contributed by atoms with Gasteiger partial charge in [-0.2, -0.15) is 0 Å². The van der Waals surface area contributed by atoms with Crippen molar-refractivity contribution in [3.05, 3.63) is 17.7 Å². The van der Waals surface area contributed by atoms with E-state index >= 15 is 0 Å². The number of hydrogen-bond donors (Lipinski definition) is 2. The van der Waals surface area contributed by atoms with Gasteiger partial charge in [0, 0.05) is 18.0 Å². The van der Waals surface area contributed by atoms with Crippen LogP contribution in [0.25, 0.3) is 0 Å². The first kappa shape index (κ1) is 21.1. The summed E-state index contributed by atoms with van der Waals surface area (Å²) in [6, 6.07) is 3.43. The van der Waals surface area contributed by atoms with Crippen LogP contribution in [-0.4, -0.2) is 52.9 Å². The molecule has 0 fully saturated rings. The van der Waals surface area contributed by atoms with Crippen LogP contribution < -0.4 is 24.4 Å². The molecule has 0 saturated heterocycles. The van der Waals surface area contributed by atoms with Crippen molar-refractivity contribution in [2.45, 2.75) is 27.7 Å². The first-order valence-electron chi connectivity index (χ1n) is 9.06. The molecular weight excluding hydrogens is 320 g/mol. The number of rotatable bonds is 11. The second-order valence-corrected chi connectivity index (χ2v) is 6.33. The Kier molecular flexibility index (Phi) is 9.13. The molecule has 6 heteroatoms. The molecule has 1 aromatic carbocycles. The second-order valence-electron chi connectivity index (χ2n) is 6.33. The molecule has 0 saturated carbocycles. The fraction of sp³-hybridized carbons (Fsp3) is 0.632. The monoisotopic (exact) mass is 353 g/mol. The summed E-state index contributed by atoms with van der Waals surface area (Å²) in [7, 11) is 4.21. The molecule has 0 bridgehead atoms. The zero-order valence-electron chi connectivity index (χ0n) is 16.4. The van der Waals surface area contributed by atoms with Crippen molar-refractivity contribution in [1.29, 1.82) is 0 Å². The molecular formula is C19H33N2O4+. The molecule has 0 aromatic heterocycles. The van der Waals surface area contributed by atoms with Gasteiger partial charge in [0.25, 0.3) is 5.91 Å². The molecule has 142 valence electrons. The predicted octanol–water partition coefficient (Wildman–Crippen LogP) is 1.39. The molecule has 2 N–H and O–H groups in total. The van der Waals surface area contributed by atoms with E-state index in [0.717, 1.165) is 6.54 Å². The summed E-state index contributed by atoms with van der Waals surface area (Å²) < 4.78 is 17.0. The van der Waals surface area contributed by atoms with Crippen molar-refractivity contribution in [1.82, 2.24) is 5.32 Å². The summed E-state index contributed by atoms with van der Waals surface area (Å²) in [6.07, 6.45) is 0. The molecule has 0 unspecified atom stereocenters. The number of quaternary nitrogens is 1. The SMILES string of the molecule is CCOc1cc(C(=O)NC[C@@H](C)C[NH+](C)C)cc(OCC)c1OCC. The Morgan fingerprint density at radius 1 is 1.04 bits per heavy atom. The number of benzene rings is 1. The lowest BCUT2D eigenvalue weighted by molar-refractivity contribution is -0.861. The molecule has 0 heterocycles. The van der Waals surface area contributed by atoms with Crippen LogP contribution in [0.15, 0.2) is 12.1 Å². The highest BCUT2D eigenvalue weighted by Gasteiger charge is 2.19. The lowest BCUT2D eigenvalue weighted by Gasteiger charge is -2.18. The van der Waals surface area contributed by atoms with Gasteiger partial charge in [-0.1, -0.05) is 6.92 Å². The van der Waals surface area contributed by atoms with Crippen molar-refractivity contribution in [3.63, 3.8) is 0 Å². The summed E-state index contributed by atoms with van der Waals surface area (Å²) in [5, 5.41) is 2.99. The normalized spacial score (nSPS) is 12.0. The average Bonchev–Trinajstić information content (AvgIpc) is 2.55. The molecule has 1 rings (SSSR count). The second kappa shape index (κ2) is 10.8. The van der Waals surface area contributed by atoms with Crippen LogP contribution in [-0.2, 0) is 0 Å². The third-order valence-electron chi connectivity index (χ3n) is 3.54. The molecule has 0 aliphatic rings. The van der Waals surface area contributed by atoms with Gasteiger partial charge in [-0.15, -0.1) is 0 Å². The van der Waals surface area contributed by atoms with E-state index in [2.05, 4.69) is 26.3 Å². The van der Waals surface area contributed by atoms with Gasteiger partial charge in [-0.25, -0.2) is 0 Å². The number of nitrogens with one attached hydrogen (secondary N) is 2. The van der Waals surface area contributed by atoms with Crippen LogP contribution in [0.1, 0.15) is 38.1 Å². The summed E-state index contributed by atoms with van der Waals surface area (Å²) in [4.78, 5) is 13.9. The maximum Gasteiger partial charge on any atom is 0.251 e. The van der Waals surface area contributed by atoms with E-state index in [1.165, 1.54) is 4.90 Å². The van der Waals surface area contributed by atoms with Gasteiger partial charge in [-0.05, 0) is 32.9 Å². The predicted molar refractivity (Wildman–Crippen MR) is 99.1 cm³/mol. The van der Waals surface area contributed by atoms with E-state index in [-0.39, 0.29) is 5.91 Å². The van der Waals surface area contributed by atoms with Crippen LogP contribution in [0.3, 0.4) is 0 Å². The molecule has 25 heavy (non-hydrogen) atoms.